The van der Waals surface area contributed by atoms with E-state index in [9.17, 15) is 14.4 Å². The lowest BCUT2D eigenvalue weighted by Gasteiger charge is -2.26. The van der Waals surface area contributed by atoms with Crippen molar-refractivity contribution in [3.63, 3.8) is 0 Å². The van der Waals surface area contributed by atoms with Crippen LogP contribution in [0.3, 0.4) is 0 Å². The van der Waals surface area contributed by atoms with Crippen molar-refractivity contribution in [1.82, 2.24) is 5.32 Å². The predicted molar refractivity (Wildman–Crippen MR) is 171 cm³/mol. The van der Waals surface area contributed by atoms with Crippen LogP contribution in [0.4, 0.5) is 10.5 Å². The van der Waals surface area contributed by atoms with Crippen LogP contribution in [-0.4, -0.2) is 17.8 Å². The summed E-state index contributed by atoms with van der Waals surface area (Å²) in [5.41, 5.74) is 1.84. The summed E-state index contributed by atoms with van der Waals surface area (Å²) < 4.78 is 12.5. The number of benzene rings is 4. The summed E-state index contributed by atoms with van der Waals surface area (Å²) in [7, 11) is 0. The maximum atomic E-state index is 13.5. The highest BCUT2D eigenvalue weighted by Gasteiger charge is 2.37. The topological polar surface area (TPSA) is 84.9 Å². The van der Waals surface area contributed by atoms with Gasteiger partial charge in [0.2, 0.25) is 0 Å². The van der Waals surface area contributed by atoms with Crippen LogP contribution in [0.25, 0.3) is 6.08 Å². The lowest BCUT2D eigenvalue weighted by Crippen LogP contribution is -2.54. The second kappa shape index (κ2) is 13.4. The van der Waals surface area contributed by atoms with Gasteiger partial charge in [0.1, 0.15) is 30.3 Å². The van der Waals surface area contributed by atoms with E-state index >= 15 is 0 Å². The number of amides is 4. The van der Waals surface area contributed by atoms with Crippen molar-refractivity contribution in [3.05, 3.63) is 126 Å². The normalized spacial score (nSPS) is 14.2. The molecule has 1 fully saturated rings. The molecule has 1 saturated heterocycles. The van der Waals surface area contributed by atoms with Crippen molar-refractivity contribution in [2.24, 2.45) is 0 Å². The van der Waals surface area contributed by atoms with E-state index < -0.39 is 17.8 Å². The first-order valence-electron chi connectivity index (χ1n) is 12.5. The van der Waals surface area contributed by atoms with Gasteiger partial charge in [-0.15, -0.1) is 0 Å². The third-order valence-electron chi connectivity index (χ3n) is 6.28. The molecule has 1 aliphatic rings. The Morgan fingerprint density at radius 2 is 1.35 bits per heavy atom. The van der Waals surface area contributed by atoms with E-state index in [0.717, 1.165) is 10.5 Å². The minimum absolute atomic E-state index is 0.108. The SMILES string of the molecule is O=C1NC(=O)N(c2ccc(OCc3ccc(Cl)cc3Cl)cc2)C(=O)/C1=C/c1cc(Br)ccc1OCc1ccc(Cl)cc1Cl. The van der Waals surface area contributed by atoms with Gasteiger partial charge < -0.3 is 9.47 Å². The maximum absolute atomic E-state index is 13.5. The van der Waals surface area contributed by atoms with Crippen LogP contribution in [0.2, 0.25) is 20.1 Å². The van der Waals surface area contributed by atoms with E-state index in [4.69, 9.17) is 55.9 Å². The van der Waals surface area contributed by atoms with Crippen LogP contribution in [-0.2, 0) is 22.8 Å². The van der Waals surface area contributed by atoms with Gasteiger partial charge in [-0.1, -0.05) is 74.5 Å². The molecule has 43 heavy (non-hydrogen) atoms. The summed E-state index contributed by atoms with van der Waals surface area (Å²) in [5.74, 6) is -0.781. The molecule has 4 aromatic rings. The van der Waals surface area contributed by atoms with Crippen LogP contribution in [0.1, 0.15) is 16.7 Å². The number of imide groups is 2. The fraction of sp³-hybridized carbons (Fsp3) is 0.0645. The van der Waals surface area contributed by atoms with E-state index in [1.165, 1.54) is 18.2 Å². The van der Waals surface area contributed by atoms with Crippen molar-refractivity contribution in [2.75, 3.05) is 4.90 Å². The first-order chi connectivity index (χ1) is 20.6. The van der Waals surface area contributed by atoms with Gasteiger partial charge in [0.05, 0.1) is 5.69 Å². The van der Waals surface area contributed by atoms with Gasteiger partial charge in [-0.25, -0.2) is 9.69 Å². The fourth-order valence-electron chi connectivity index (χ4n) is 4.10. The number of urea groups is 1. The Kier molecular flexibility index (Phi) is 9.64. The molecule has 0 aromatic heterocycles. The largest absolute Gasteiger partial charge is 0.489 e. The van der Waals surface area contributed by atoms with Crippen molar-refractivity contribution >= 4 is 91.9 Å². The number of carbonyl (C=O) groups is 3. The molecule has 12 heteroatoms. The van der Waals surface area contributed by atoms with E-state index in [1.807, 2.05) is 0 Å². The van der Waals surface area contributed by atoms with Crippen LogP contribution < -0.4 is 19.7 Å². The number of anilines is 1. The van der Waals surface area contributed by atoms with Crippen LogP contribution in [0.15, 0.2) is 88.9 Å². The molecule has 0 unspecified atom stereocenters. The zero-order valence-corrected chi connectivity index (χ0v) is 26.5. The van der Waals surface area contributed by atoms with Crippen molar-refractivity contribution in [2.45, 2.75) is 13.2 Å². The molecule has 4 aromatic carbocycles. The molecule has 218 valence electrons. The van der Waals surface area contributed by atoms with E-state index in [1.54, 1.807) is 66.7 Å². The molecular formula is C31H19BrCl4N2O5. The van der Waals surface area contributed by atoms with Crippen LogP contribution in [0, 0.1) is 0 Å². The zero-order valence-electron chi connectivity index (χ0n) is 21.9. The average molecular weight is 721 g/mol. The highest BCUT2D eigenvalue weighted by atomic mass is 79.9. The summed E-state index contributed by atoms with van der Waals surface area (Å²) in [5, 5.41) is 4.14. The minimum Gasteiger partial charge on any atom is -0.489 e. The molecule has 1 heterocycles. The molecule has 1 N–H and O–H groups in total. The molecule has 0 spiro atoms. The molecular weight excluding hydrogens is 702 g/mol. The molecule has 0 atom stereocenters. The van der Waals surface area contributed by atoms with Crippen molar-refractivity contribution < 1.29 is 23.9 Å². The number of rotatable bonds is 8. The number of nitrogens with zero attached hydrogens (tertiary/aromatic N) is 1. The third-order valence-corrected chi connectivity index (χ3v) is 7.94. The number of carbonyl (C=O) groups excluding carboxylic acids is 3. The lowest BCUT2D eigenvalue weighted by molar-refractivity contribution is -0.122. The second-order valence-electron chi connectivity index (χ2n) is 9.18. The van der Waals surface area contributed by atoms with E-state index in [0.29, 0.717) is 47.2 Å². The second-order valence-corrected chi connectivity index (χ2v) is 11.8. The summed E-state index contributed by atoms with van der Waals surface area (Å²) in [4.78, 5) is 39.9. The number of nitrogens with one attached hydrogen (secondary N) is 1. The van der Waals surface area contributed by atoms with Gasteiger partial charge in [-0.3, -0.25) is 14.9 Å². The van der Waals surface area contributed by atoms with E-state index in [-0.39, 0.29) is 24.5 Å². The van der Waals surface area contributed by atoms with E-state index in [2.05, 4.69) is 21.2 Å². The Bertz CT molecular complexity index is 1780. The fourth-order valence-corrected chi connectivity index (χ4v) is 5.40. The first kappa shape index (κ1) is 30.9. The standard InChI is InChI=1S/C31H19BrCl4N2O5/c32-20-3-10-28(43-16-18-2-5-22(34)14-27(18)36)19(11-20)12-25-29(39)37-31(41)38(30(25)40)23-6-8-24(9-7-23)42-15-17-1-4-21(33)13-26(17)35/h1-14H,15-16H2,(H,37,39,41)/b25-12+. The van der Waals surface area contributed by atoms with Gasteiger partial charge in [-0.05, 0) is 72.8 Å². The number of ether oxygens (including phenoxy) is 2. The molecule has 7 nitrogen and oxygen atoms in total. The predicted octanol–water partition coefficient (Wildman–Crippen LogP) is 8.89. The number of barbiturate groups is 1. The summed E-state index contributed by atoms with van der Waals surface area (Å²) in [6, 6.07) is 20.7. The molecule has 0 saturated carbocycles. The van der Waals surface area contributed by atoms with Crippen LogP contribution >= 0.6 is 62.3 Å². The summed E-state index contributed by atoms with van der Waals surface area (Å²) in [6.07, 6.45) is 1.37. The Labute approximate surface area is 275 Å². The molecule has 0 bridgehead atoms. The average Bonchev–Trinajstić information content (AvgIpc) is 2.96. The van der Waals surface area contributed by atoms with Gasteiger partial charge in [0, 0.05) is 41.3 Å². The molecule has 1 aliphatic heterocycles. The number of halogens is 5. The van der Waals surface area contributed by atoms with Crippen molar-refractivity contribution in [3.8, 4) is 11.5 Å². The molecule has 0 radical (unpaired) electrons. The van der Waals surface area contributed by atoms with Gasteiger partial charge in [0.25, 0.3) is 11.8 Å². The zero-order chi connectivity index (χ0) is 30.7. The van der Waals surface area contributed by atoms with Crippen LogP contribution in [0.5, 0.6) is 11.5 Å². The number of hydrogen-bond donors (Lipinski definition) is 1. The Morgan fingerprint density at radius 3 is 1.95 bits per heavy atom. The van der Waals surface area contributed by atoms with Gasteiger partial charge in [0.15, 0.2) is 0 Å². The maximum Gasteiger partial charge on any atom is 0.335 e. The van der Waals surface area contributed by atoms with Gasteiger partial charge in [-0.2, -0.15) is 0 Å². The Morgan fingerprint density at radius 1 is 0.744 bits per heavy atom. The highest BCUT2D eigenvalue weighted by Crippen LogP contribution is 2.31. The molecule has 4 amide bonds. The Balaban J connectivity index is 1.36. The minimum atomic E-state index is -0.878. The highest BCUT2D eigenvalue weighted by molar-refractivity contribution is 9.10. The summed E-state index contributed by atoms with van der Waals surface area (Å²) in [6.45, 7) is 0.290. The van der Waals surface area contributed by atoms with Gasteiger partial charge >= 0.3 is 6.03 Å². The number of hydrogen-bond acceptors (Lipinski definition) is 5. The monoisotopic (exact) mass is 718 g/mol. The first-order valence-corrected chi connectivity index (χ1v) is 14.8. The quantitative estimate of drug-likeness (QED) is 0.145. The summed E-state index contributed by atoms with van der Waals surface area (Å²) >= 11 is 27.8. The van der Waals surface area contributed by atoms with Crippen molar-refractivity contribution in [1.29, 1.82) is 0 Å². The molecule has 5 rings (SSSR count). The lowest BCUT2D eigenvalue weighted by atomic mass is 10.1. The molecule has 0 aliphatic carbocycles. The smallest absolute Gasteiger partial charge is 0.335 e. The Hall–Kier alpha value is -3.53. The third kappa shape index (κ3) is 7.34.